The highest BCUT2D eigenvalue weighted by atomic mass is 16.5. The lowest BCUT2D eigenvalue weighted by Gasteiger charge is -2.37. The topological polar surface area (TPSA) is 35.9 Å². The SMILES string of the molecule is CCN(CC1CCCN(CCc2cccc(OC)c2)C1)CC(C)(C)CO. The number of likely N-dealkylation sites (tertiary alicyclic amines) is 1. The molecule has 148 valence electrons. The molecule has 1 heterocycles. The molecule has 0 saturated carbocycles. The molecule has 1 unspecified atom stereocenters. The van der Waals surface area contributed by atoms with Gasteiger partial charge in [-0.3, -0.25) is 0 Å². The van der Waals surface area contributed by atoms with E-state index in [2.05, 4.69) is 48.8 Å². The van der Waals surface area contributed by atoms with Crippen LogP contribution in [0.25, 0.3) is 0 Å². The zero-order valence-corrected chi connectivity index (χ0v) is 17.2. The third-order valence-corrected chi connectivity index (χ3v) is 5.50. The molecule has 2 rings (SSSR count). The maximum atomic E-state index is 9.56. The van der Waals surface area contributed by atoms with Crippen molar-refractivity contribution in [1.29, 1.82) is 0 Å². The molecular weight excluding hydrogens is 324 g/mol. The number of piperidine rings is 1. The van der Waals surface area contributed by atoms with E-state index in [0.29, 0.717) is 0 Å². The van der Waals surface area contributed by atoms with Gasteiger partial charge in [0.25, 0.3) is 0 Å². The number of aliphatic hydroxyl groups excluding tert-OH is 1. The largest absolute Gasteiger partial charge is 0.497 e. The van der Waals surface area contributed by atoms with Gasteiger partial charge in [-0.15, -0.1) is 0 Å². The summed E-state index contributed by atoms with van der Waals surface area (Å²) in [6.07, 6.45) is 3.70. The second kappa shape index (κ2) is 10.3. The van der Waals surface area contributed by atoms with Gasteiger partial charge in [0, 0.05) is 38.2 Å². The Hall–Kier alpha value is -1.10. The highest BCUT2D eigenvalue weighted by Gasteiger charge is 2.25. The highest BCUT2D eigenvalue weighted by Crippen LogP contribution is 2.22. The predicted molar refractivity (Wildman–Crippen MR) is 109 cm³/mol. The molecule has 0 aromatic heterocycles. The Morgan fingerprint density at radius 3 is 2.85 bits per heavy atom. The maximum Gasteiger partial charge on any atom is 0.119 e. The minimum Gasteiger partial charge on any atom is -0.497 e. The molecule has 26 heavy (non-hydrogen) atoms. The Bertz CT molecular complexity index is 533. The molecule has 1 saturated heterocycles. The average Bonchev–Trinajstić information content (AvgIpc) is 2.66. The number of aliphatic hydroxyl groups is 1. The summed E-state index contributed by atoms with van der Waals surface area (Å²) in [5, 5.41) is 9.56. The van der Waals surface area contributed by atoms with E-state index in [1.165, 1.54) is 31.5 Å². The third kappa shape index (κ3) is 6.90. The first-order chi connectivity index (χ1) is 12.5. The van der Waals surface area contributed by atoms with E-state index >= 15 is 0 Å². The Morgan fingerprint density at radius 2 is 2.15 bits per heavy atom. The van der Waals surface area contributed by atoms with E-state index in [0.717, 1.165) is 44.3 Å². The summed E-state index contributed by atoms with van der Waals surface area (Å²) in [6.45, 7) is 13.5. The average molecular weight is 363 g/mol. The van der Waals surface area contributed by atoms with E-state index in [1.807, 2.05) is 6.07 Å². The number of methoxy groups -OCH3 is 1. The van der Waals surface area contributed by atoms with Gasteiger partial charge >= 0.3 is 0 Å². The first-order valence-corrected chi connectivity index (χ1v) is 10.1. The predicted octanol–water partition coefficient (Wildman–Crippen LogP) is 3.29. The Kier molecular flexibility index (Phi) is 8.39. The van der Waals surface area contributed by atoms with Crippen LogP contribution in [0.2, 0.25) is 0 Å². The lowest BCUT2D eigenvalue weighted by atomic mass is 9.92. The minimum absolute atomic E-state index is 0.0171. The summed E-state index contributed by atoms with van der Waals surface area (Å²) < 4.78 is 5.33. The summed E-state index contributed by atoms with van der Waals surface area (Å²) in [7, 11) is 1.73. The van der Waals surface area contributed by atoms with Gasteiger partial charge in [0.2, 0.25) is 0 Å². The monoisotopic (exact) mass is 362 g/mol. The molecule has 4 heteroatoms. The van der Waals surface area contributed by atoms with E-state index in [4.69, 9.17) is 4.74 Å². The van der Waals surface area contributed by atoms with Crippen LogP contribution >= 0.6 is 0 Å². The lowest BCUT2D eigenvalue weighted by Crippen LogP contribution is -2.44. The minimum atomic E-state index is -0.0171. The van der Waals surface area contributed by atoms with E-state index in [9.17, 15) is 5.11 Å². The number of nitrogens with zero attached hydrogens (tertiary/aromatic N) is 2. The zero-order valence-electron chi connectivity index (χ0n) is 17.2. The van der Waals surface area contributed by atoms with E-state index in [1.54, 1.807) is 7.11 Å². The summed E-state index contributed by atoms with van der Waals surface area (Å²) in [4.78, 5) is 5.14. The van der Waals surface area contributed by atoms with Crippen molar-refractivity contribution in [3.63, 3.8) is 0 Å². The molecule has 0 spiro atoms. The molecule has 0 amide bonds. The van der Waals surface area contributed by atoms with Gasteiger partial charge < -0.3 is 19.6 Å². The van der Waals surface area contributed by atoms with Crippen LogP contribution < -0.4 is 4.74 Å². The van der Waals surface area contributed by atoms with Gasteiger partial charge in [-0.1, -0.05) is 32.9 Å². The molecule has 0 radical (unpaired) electrons. The van der Waals surface area contributed by atoms with Gasteiger partial charge in [0.05, 0.1) is 7.11 Å². The molecule has 0 aliphatic carbocycles. The Balaban J connectivity index is 1.82. The number of benzene rings is 1. The van der Waals surface area contributed by atoms with Crippen molar-refractivity contribution >= 4 is 0 Å². The second-order valence-corrected chi connectivity index (χ2v) is 8.56. The van der Waals surface area contributed by atoms with Gasteiger partial charge in [-0.2, -0.15) is 0 Å². The quantitative estimate of drug-likeness (QED) is 0.693. The van der Waals surface area contributed by atoms with Crippen LogP contribution in [-0.2, 0) is 6.42 Å². The van der Waals surface area contributed by atoms with Gasteiger partial charge in [0.15, 0.2) is 0 Å². The number of hydrogen-bond acceptors (Lipinski definition) is 4. The van der Waals surface area contributed by atoms with Crippen molar-refractivity contribution in [2.45, 2.75) is 40.0 Å². The molecule has 4 nitrogen and oxygen atoms in total. The standard InChI is InChI=1S/C22H38N2O2/c1-5-23(17-22(2,3)18-25)15-20-9-7-12-24(16-20)13-11-19-8-6-10-21(14-19)26-4/h6,8,10,14,20,25H,5,7,9,11-13,15-18H2,1-4H3. The first kappa shape index (κ1) is 21.2. The number of hydrogen-bond donors (Lipinski definition) is 1. The molecule has 1 aliphatic heterocycles. The molecule has 1 atom stereocenters. The lowest BCUT2D eigenvalue weighted by molar-refractivity contribution is 0.0800. The van der Waals surface area contributed by atoms with Crippen LogP contribution in [0.4, 0.5) is 0 Å². The fourth-order valence-corrected chi connectivity index (χ4v) is 3.94. The Morgan fingerprint density at radius 1 is 1.35 bits per heavy atom. The molecule has 1 aliphatic rings. The van der Waals surface area contributed by atoms with Crippen molar-refractivity contribution < 1.29 is 9.84 Å². The van der Waals surface area contributed by atoms with Crippen LogP contribution in [0, 0.1) is 11.3 Å². The van der Waals surface area contributed by atoms with E-state index < -0.39 is 0 Å². The van der Waals surface area contributed by atoms with Crippen molar-refractivity contribution in [2.75, 3.05) is 53.0 Å². The van der Waals surface area contributed by atoms with Crippen LogP contribution in [0.3, 0.4) is 0 Å². The summed E-state index contributed by atoms with van der Waals surface area (Å²) in [5.41, 5.74) is 1.34. The molecule has 0 bridgehead atoms. The van der Waals surface area contributed by atoms with Crippen LogP contribution in [0.15, 0.2) is 24.3 Å². The van der Waals surface area contributed by atoms with Crippen LogP contribution in [0.5, 0.6) is 5.75 Å². The number of rotatable bonds is 10. The van der Waals surface area contributed by atoms with Gasteiger partial charge in [-0.05, 0) is 56.0 Å². The highest BCUT2D eigenvalue weighted by molar-refractivity contribution is 5.28. The zero-order chi connectivity index (χ0) is 19.0. The van der Waals surface area contributed by atoms with Gasteiger partial charge in [-0.25, -0.2) is 0 Å². The Labute approximate surface area is 160 Å². The smallest absolute Gasteiger partial charge is 0.119 e. The number of ether oxygens (including phenoxy) is 1. The molecule has 1 aromatic rings. The molecule has 1 aromatic carbocycles. The normalized spacial score (nSPS) is 19.1. The van der Waals surface area contributed by atoms with Crippen LogP contribution in [0.1, 0.15) is 39.2 Å². The van der Waals surface area contributed by atoms with Crippen molar-refractivity contribution in [1.82, 2.24) is 9.80 Å². The molecular formula is C22H38N2O2. The molecule has 1 fully saturated rings. The fourth-order valence-electron chi connectivity index (χ4n) is 3.94. The fraction of sp³-hybridized carbons (Fsp3) is 0.727. The summed E-state index contributed by atoms with van der Waals surface area (Å²) >= 11 is 0. The summed E-state index contributed by atoms with van der Waals surface area (Å²) in [5.74, 6) is 1.69. The molecule has 1 N–H and O–H groups in total. The van der Waals surface area contributed by atoms with Gasteiger partial charge in [0.1, 0.15) is 5.75 Å². The van der Waals surface area contributed by atoms with E-state index in [-0.39, 0.29) is 12.0 Å². The van der Waals surface area contributed by atoms with Crippen molar-refractivity contribution in [3.05, 3.63) is 29.8 Å². The second-order valence-electron chi connectivity index (χ2n) is 8.56. The van der Waals surface area contributed by atoms with Crippen molar-refractivity contribution in [3.8, 4) is 5.75 Å². The van der Waals surface area contributed by atoms with Crippen molar-refractivity contribution in [2.24, 2.45) is 11.3 Å². The first-order valence-electron chi connectivity index (χ1n) is 10.1. The van der Waals surface area contributed by atoms with Crippen LogP contribution in [-0.4, -0.2) is 67.9 Å². The third-order valence-electron chi connectivity index (χ3n) is 5.50. The summed E-state index contributed by atoms with van der Waals surface area (Å²) in [6, 6.07) is 8.43. The maximum absolute atomic E-state index is 9.56.